The van der Waals surface area contributed by atoms with E-state index in [2.05, 4.69) is 41.5 Å². The van der Waals surface area contributed by atoms with Gasteiger partial charge in [-0.3, -0.25) is 37.3 Å². The molecule has 0 aromatic rings. The van der Waals surface area contributed by atoms with Crippen molar-refractivity contribution in [3.8, 4) is 0 Å². The minimum Gasteiger partial charge on any atom is -0.462 e. The second kappa shape index (κ2) is 70.7. The number of unbranched alkanes of at least 4 members (excludes halogenated alkanes) is 47. The molecule has 19 heteroatoms. The molecular formula is C79H154O17P2. The fourth-order valence-corrected chi connectivity index (χ4v) is 13.7. The van der Waals surface area contributed by atoms with Crippen molar-refractivity contribution in [2.24, 2.45) is 11.8 Å². The summed E-state index contributed by atoms with van der Waals surface area (Å²) >= 11 is 0. The summed E-state index contributed by atoms with van der Waals surface area (Å²) in [7, 11) is -9.91. The van der Waals surface area contributed by atoms with E-state index in [4.69, 9.17) is 37.0 Å². The van der Waals surface area contributed by atoms with E-state index in [1.807, 2.05) is 0 Å². The third kappa shape index (κ3) is 71.1. The molecular weight excluding hydrogens is 1280 g/mol. The molecule has 6 atom stereocenters. The van der Waals surface area contributed by atoms with Gasteiger partial charge in [-0.2, -0.15) is 0 Å². The number of aliphatic hydroxyl groups excluding tert-OH is 1. The van der Waals surface area contributed by atoms with E-state index in [9.17, 15) is 43.2 Å². The molecule has 0 bridgehead atoms. The molecule has 0 aliphatic heterocycles. The first-order chi connectivity index (χ1) is 47.4. The minimum atomic E-state index is -4.96. The Balaban J connectivity index is 5.18. The number of hydrogen-bond acceptors (Lipinski definition) is 15. The molecule has 98 heavy (non-hydrogen) atoms. The molecule has 0 aliphatic carbocycles. The first-order valence-electron chi connectivity index (χ1n) is 41.0. The van der Waals surface area contributed by atoms with Crippen LogP contribution in [0.1, 0.15) is 414 Å². The van der Waals surface area contributed by atoms with Gasteiger partial charge in [0.25, 0.3) is 0 Å². The van der Waals surface area contributed by atoms with E-state index in [-0.39, 0.29) is 25.7 Å². The molecule has 0 saturated heterocycles. The Morgan fingerprint density at radius 1 is 0.296 bits per heavy atom. The largest absolute Gasteiger partial charge is 0.472 e. The first kappa shape index (κ1) is 96.1. The lowest BCUT2D eigenvalue weighted by atomic mass is 9.99. The topological polar surface area (TPSA) is 237 Å². The van der Waals surface area contributed by atoms with E-state index >= 15 is 0 Å². The summed E-state index contributed by atoms with van der Waals surface area (Å²) in [5.74, 6) is -0.492. The zero-order valence-electron chi connectivity index (χ0n) is 64.1. The van der Waals surface area contributed by atoms with E-state index < -0.39 is 97.5 Å². The summed E-state index contributed by atoms with van der Waals surface area (Å²) in [4.78, 5) is 72.8. The monoisotopic (exact) mass is 1440 g/mol. The summed E-state index contributed by atoms with van der Waals surface area (Å²) < 4.78 is 68.5. The average molecular weight is 1440 g/mol. The van der Waals surface area contributed by atoms with E-state index in [0.29, 0.717) is 25.7 Å². The van der Waals surface area contributed by atoms with Crippen molar-refractivity contribution in [2.45, 2.75) is 432 Å². The van der Waals surface area contributed by atoms with Gasteiger partial charge in [-0.1, -0.05) is 363 Å². The van der Waals surface area contributed by atoms with Crippen LogP contribution < -0.4 is 0 Å². The Morgan fingerprint density at radius 3 is 0.776 bits per heavy atom. The van der Waals surface area contributed by atoms with Crippen LogP contribution in [0.5, 0.6) is 0 Å². The van der Waals surface area contributed by atoms with Crippen LogP contribution in [0, 0.1) is 11.8 Å². The fraction of sp³-hybridized carbons (Fsp3) is 0.949. The number of phosphoric acid groups is 2. The maximum atomic E-state index is 13.1. The summed E-state index contributed by atoms with van der Waals surface area (Å²) in [6.07, 6.45) is 59.8. The van der Waals surface area contributed by atoms with Crippen LogP contribution in [0.2, 0.25) is 0 Å². The van der Waals surface area contributed by atoms with Gasteiger partial charge in [-0.05, 0) is 37.5 Å². The van der Waals surface area contributed by atoms with Crippen molar-refractivity contribution in [1.29, 1.82) is 0 Å². The molecule has 0 amide bonds. The normalized spacial score (nSPS) is 14.2. The summed E-state index contributed by atoms with van der Waals surface area (Å²) in [6.45, 7) is 9.64. The number of rotatable bonds is 78. The van der Waals surface area contributed by atoms with Crippen molar-refractivity contribution >= 4 is 39.5 Å². The molecule has 0 rings (SSSR count). The minimum absolute atomic E-state index is 0.106. The number of phosphoric ester groups is 2. The molecule has 0 fully saturated rings. The molecule has 17 nitrogen and oxygen atoms in total. The number of aliphatic hydroxyl groups is 1. The SMILES string of the molecule is CCCCCCCCCCCCCCCCCCC(=O)OC[C@H](COP(=O)(O)OC[C@@H](O)COP(=O)(O)OC[C@@H](COC(=O)CCCCCCCCC)OC(=O)CCCCCCCCCCCCC(C)CC)OC(=O)CCCCCCCCCCCCCCCCCCCCC(C)C. The predicted octanol–water partition coefficient (Wildman–Crippen LogP) is 23.5. The Hall–Kier alpha value is -1.94. The Labute approximate surface area is 600 Å². The quantitative estimate of drug-likeness (QED) is 0.0222. The standard InChI is InChI=1S/C79H154O17P2/c1-7-10-12-14-16-17-18-19-20-26-29-32-38-44-50-56-62-77(82)90-68-75(96-78(83)63-57-51-45-39-33-30-27-24-22-21-23-25-28-31-36-42-47-53-59-71(4)5)70-94-98(87,88)92-66-73(80)65-91-97(85,86)93-69-74(67-89-76(81)61-55-49-41-15-13-11-8-2)95-79(84)64-58-52-46-40-35-34-37-43-48-54-60-72(6)9-3/h71-75,80H,7-70H2,1-6H3,(H,85,86)(H,87,88)/t72?,73-,74+,75+/m0/s1. The van der Waals surface area contributed by atoms with Gasteiger partial charge in [0.1, 0.15) is 19.3 Å². The van der Waals surface area contributed by atoms with Crippen molar-refractivity contribution in [3.63, 3.8) is 0 Å². The third-order valence-electron chi connectivity index (χ3n) is 18.8. The summed E-state index contributed by atoms with van der Waals surface area (Å²) in [5.41, 5.74) is 0. The van der Waals surface area contributed by atoms with Crippen LogP contribution in [0.15, 0.2) is 0 Å². The second-order valence-electron chi connectivity index (χ2n) is 29.2. The Morgan fingerprint density at radius 2 is 0.520 bits per heavy atom. The van der Waals surface area contributed by atoms with Gasteiger partial charge < -0.3 is 33.8 Å². The number of carbonyl (C=O) groups excluding carboxylic acids is 4. The van der Waals surface area contributed by atoms with Crippen molar-refractivity contribution < 1.29 is 80.2 Å². The summed E-state index contributed by atoms with van der Waals surface area (Å²) in [5, 5.41) is 10.6. The molecule has 0 spiro atoms. The molecule has 0 saturated carbocycles. The Kier molecular flexibility index (Phi) is 69.3. The first-order valence-corrected chi connectivity index (χ1v) is 44.0. The highest BCUT2D eigenvalue weighted by atomic mass is 31.2. The molecule has 3 N–H and O–H groups in total. The van der Waals surface area contributed by atoms with Crippen LogP contribution in [0.25, 0.3) is 0 Å². The molecule has 0 heterocycles. The average Bonchev–Trinajstić information content (AvgIpc) is 1.10. The molecule has 0 radical (unpaired) electrons. The van der Waals surface area contributed by atoms with Crippen LogP contribution in [-0.2, 0) is 65.4 Å². The van der Waals surface area contributed by atoms with Gasteiger partial charge in [-0.25, -0.2) is 9.13 Å². The zero-order valence-corrected chi connectivity index (χ0v) is 65.9. The highest BCUT2D eigenvalue weighted by Crippen LogP contribution is 2.45. The van der Waals surface area contributed by atoms with Crippen LogP contribution in [-0.4, -0.2) is 96.7 Å². The van der Waals surface area contributed by atoms with E-state index in [0.717, 1.165) is 115 Å². The van der Waals surface area contributed by atoms with Gasteiger partial charge in [0.15, 0.2) is 12.2 Å². The van der Waals surface area contributed by atoms with Gasteiger partial charge in [0.2, 0.25) is 0 Å². The van der Waals surface area contributed by atoms with Crippen LogP contribution in [0.4, 0.5) is 0 Å². The fourth-order valence-electron chi connectivity index (χ4n) is 12.2. The highest BCUT2D eigenvalue weighted by molar-refractivity contribution is 7.47. The van der Waals surface area contributed by atoms with Crippen molar-refractivity contribution in [2.75, 3.05) is 39.6 Å². The molecule has 3 unspecified atom stereocenters. The number of carbonyl (C=O) groups is 4. The highest BCUT2D eigenvalue weighted by Gasteiger charge is 2.30. The molecule has 0 aromatic heterocycles. The van der Waals surface area contributed by atoms with E-state index in [1.54, 1.807) is 0 Å². The molecule has 582 valence electrons. The molecule has 0 aromatic carbocycles. The Bertz CT molecular complexity index is 1890. The van der Waals surface area contributed by atoms with Gasteiger partial charge in [0, 0.05) is 25.7 Å². The van der Waals surface area contributed by atoms with Gasteiger partial charge in [-0.15, -0.1) is 0 Å². The smallest absolute Gasteiger partial charge is 0.462 e. The van der Waals surface area contributed by atoms with Gasteiger partial charge in [0.05, 0.1) is 26.4 Å². The summed E-state index contributed by atoms with van der Waals surface area (Å²) in [6, 6.07) is 0. The lowest BCUT2D eigenvalue weighted by molar-refractivity contribution is -0.161. The number of esters is 4. The maximum absolute atomic E-state index is 13.1. The second-order valence-corrected chi connectivity index (χ2v) is 32.1. The van der Waals surface area contributed by atoms with Crippen LogP contribution >= 0.6 is 15.6 Å². The van der Waals surface area contributed by atoms with Gasteiger partial charge >= 0.3 is 39.5 Å². The van der Waals surface area contributed by atoms with Crippen LogP contribution in [0.3, 0.4) is 0 Å². The van der Waals surface area contributed by atoms with Crippen molar-refractivity contribution in [3.05, 3.63) is 0 Å². The number of hydrogen-bond donors (Lipinski definition) is 3. The number of ether oxygens (including phenoxy) is 4. The maximum Gasteiger partial charge on any atom is 0.472 e. The van der Waals surface area contributed by atoms with Crippen molar-refractivity contribution in [1.82, 2.24) is 0 Å². The molecule has 0 aliphatic rings. The lowest BCUT2D eigenvalue weighted by Crippen LogP contribution is -2.30. The third-order valence-corrected chi connectivity index (χ3v) is 20.7. The predicted molar refractivity (Wildman–Crippen MR) is 400 cm³/mol. The zero-order chi connectivity index (χ0) is 72.1. The lowest BCUT2D eigenvalue weighted by Gasteiger charge is -2.21. The van der Waals surface area contributed by atoms with E-state index in [1.165, 1.54) is 218 Å².